The molecule has 0 bridgehead atoms. The SMILES string of the molecule is CC1=C2CC34CC3(CCC3CC(=O)CCC34C)C2CCC2(C1)OC1CC(C)CN(CC(=O)N(C)C)C1C2C. The maximum absolute atomic E-state index is 12.8. The van der Waals surface area contributed by atoms with E-state index in [1.807, 2.05) is 14.1 Å². The first kappa shape index (κ1) is 25.7. The molecule has 1 spiro atoms. The van der Waals surface area contributed by atoms with Crippen molar-refractivity contribution in [1.82, 2.24) is 9.80 Å². The number of likely N-dealkylation sites (N-methyl/N-ethyl adjacent to an activating group) is 1. The maximum atomic E-state index is 12.8. The number of carbonyl (C=O) groups is 2. The highest BCUT2D eigenvalue weighted by molar-refractivity contribution is 5.80. The molecule has 2 saturated heterocycles. The van der Waals surface area contributed by atoms with E-state index >= 15 is 0 Å². The molecule has 0 aromatic carbocycles. The number of ether oxygens (including phenoxy) is 1. The molecular weight excluding hydrogens is 472 g/mol. The molecule has 0 aromatic rings. The van der Waals surface area contributed by atoms with E-state index in [0.29, 0.717) is 52.4 Å². The molecule has 0 aromatic heterocycles. The van der Waals surface area contributed by atoms with Crippen molar-refractivity contribution in [2.45, 2.75) is 116 Å². The molecule has 0 radical (unpaired) electrons. The Bertz CT molecular complexity index is 1100. The molecule has 10 unspecified atom stereocenters. The fraction of sp³-hybridized carbons (Fsp3) is 0.879. The quantitative estimate of drug-likeness (QED) is 0.442. The van der Waals surface area contributed by atoms with Crippen molar-refractivity contribution in [3.63, 3.8) is 0 Å². The number of amides is 1. The van der Waals surface area contributed by atoms with Crippen LogP contribution in [0.4, 0.5) is 0 Å². The summed E-state index contributed by atoms with van der Waals surface area (Å²) in [4.78, 5) is 29.4. The number of ketones is 1. The van der Waals surface area contributed by atoms with Crippen LogP contribution < -0.4 is 0 Å². The van der Waals surface area contributed by atoms with E-state index in [9.17, 15) is 9.59 Å². The Morgan fingerprint density at radius 3 is 2.68 bits per heavy atom. The Balaban J connectivity index is 1.18. The van der Waals surface area contributed by atoms with Crippen molar-refractivity contribution >= 4 is 11.7 Å². The topological polar surface area (TPSA) is 49.9 Å². The summed E-state index contributed by atoms with van der Waals surface area (Å²) < 4.78 is 7.22. The van der Waals surface area contributed by atoms with Gasteiger partial charge in [0.15, 0.2) is 0 Å². The minimum absolute atomic E-state index is 0.0905. The minimum atomic E-state index is -0.0905. The number of likely N-dealkylation sites (tertiary alicyclic amines) is 1. The summed E-state index contributed by atoms with van der Waals surface area (Å²) in [5.41, 5.74) is 4.65. The van der Waals surface area contributed by atoms with E-state index in [4.69, 9.17) is 4.74 Å². The fourth-order valence-corrected chi connectivity index (χ4v) is 11.9. The van der Waals surface area contributed by atoms with Gasteiger partial charge in [-0.3, -0.25) is 14.5 Å². The molecule has 5 nitrogen and oxygen atoms in total. The lowest BCUT2D eigenvalue weighted by Gasteiger charge is -2.52. The second-order valence-electron chi connectivity index (χ2n) is 15.6. The molecule has 4 saturated carbocycles. The molecule has 7 rings (SSSR count). The largest absolute Gasteiger partial charge is 0.369 e. The van der Waals surface area contributed by atoms with Crippen LogP contribution in [0.15, 0.2) is 11.1 Å². The molecule has 5 aliphatic carbocycles. The predicted molar refractivity (Wildman–Crippen MR) is 148 cm³/mol. The van der Waals surface area contributed by atoms with Gasteiger partial charge in [0.1, 0.15) is 5.78 Å². The first-order chi connectivity index (χ1) is 18.0. The maximum Gasteiger partial charge on any atom is 0.236 e. The van der Waals surface area contributed by atoms with Crippen molar-refractivity contribution < 1.29 is 14.3 Å². The molecule has 1 amide bonds. The second kappa shape index (κ2) is 8.18. The summed E-state index contributed by atoms with van der Waals surface area (Å²) in [6, 6.07) is 0.346. The van der Waals surface area contributed by atoms with Crippen LogP contribution in [0, 0.1) is 39.9 Å². The third-order valence-corrected chi connectivity index (χ3v) is 13.9. The van der Waals surface area contributed by atoms with Crippen LogP contribution in [-0.2, 0) is 14.3 Å². The number of rotatable bonds is 2. The number of carbonyl (C=O) groups excluding carboxylic acids is 2. The van der Waals surface area contributed by atoms with Gasteiger partial charge in [-0.05, 0) is 98.7 Å². The van der Waals surface area contributed by atoms with Crippen LogP contribution >= 0.6 is 0 Å². The van der Waals surface area contributed by atoms with Gasteiger partial charge in [-0.25, -0.2) is 0 Å². The Kier molecular flexibility index (Phi) is 5.54. The van der Waals surface area contributed by atoms with E-state index in [-0.39, 0.29) is 17.6 Å². The number of nitrogens with zero attached hydrogens (tertiary/aromatic N) is 2. The molecule has 0 N–H and O–H groups in total. The van der Waals surface area contributed by atoms with Gasteiger partial charge >= 0.3 is 0 Å². The number of fused-ring (bicyclic) bond motifs is 3. The normalized spacial score (nSPS) is 51.6. The fourth-order valence-electron chi connectivity index (χ4n) is 11.9. The summed E-state index contributed by atoms with van der Waals surface area (Å²) in [6.07, 6.45) is 13.0. The van der Waals surface area contributed by atoms with Gasteiger partial charge in [-0.15, -0.1) is 0 Å². The molecule has 6 fully saturated rings. The Hall–Kier alpha value is -1.20. The average Bonchev–Trinajstić information content (AvgIpc) is 3.39. The van der Waals surface area contributed by atoms with Gasteiger partial charge in [-0.1, -0.05) is 31.9 Å². The number of hydrogen-bond donors (Lipinski definition) is 0. The first-order valence-corrected chi connectivity index (χ1v) is 15.8. The van der Waals surface area contributed by atoms with Gasteiger partial charge in [0.2, 0.25) is 5.91 Å². The minimum Gasteiger partial charge on any atom is -0.369 e. The Morgan fingerprint density at radius 2 is 1.92 bits per heavy atom. The summed E-state index contributed by atoms with van der Waals surface area (Å²) >= 11 is 0. The molecule has 210 valence electrons. The molecular formula is C33H50N2O3. The van der Waals surface area contributed by atoms with Crippen molar-refractivity contribution in [3.8, 4) is 0 Å². The van der Waals surface area contributed by atoms with E-state index in [1.165, 1.54) is 32.1 Å². The molecule has 38 heavy (non-hydrogen) atoms. The highest BCUT2D eigenvalue weighted by Crippen LogP contribution is 2.90. The molecule has 5 heteroatoms. The van der Waals surface area contributed by atoms with Crippen LogP contribution in [0.3, 0.4) is 0 Å². The average molecular weight is 523 g/mol. The van der Waals surface area contributed by atoms with E-state index in [2.05, 4.69) is 32.6 Å². The lowest BCUT2D eigenvalue weighted by Crippen LogP contribution is -2.54. The van der Waals surface area contributed by atoms with Crippen molar-refractivity contribution in [1.29, 1.82) is 0 Å². The van der Waals surface area contributed by atoms with Crippen LogP contribution in [-0.4, -0.2) is 66.4 Å². The summed E-state index contributed by atoms with van der Waals surface area (Å²) in [5, 5.41) is 0. The van der Waals surface area contributed by atoms with Crippen LogP contribution in [0.1, 0.15) is 98.3 Å². The number of hydrogen-bond acceptors (Lipinski definition) is 4. The third kappa shape index (κ3) is 3.18. The standard InChI is InChI=1S/C33H50N2O3/c1-20-13-27-29(35(17-20)18-28(37)34(5)6)22(3)32(38-27)12-9-26-25(21(2)15-32)16-33-19-31(26,33)11-7-23-14-24(36)8-10-30(23,33)4/h20,22-23,26-27,29H,7-19H2,1-6H3. The highest BCUT2D eigenvalue weighted by Gasteiger charge is 2.82. The smallest absolute Gasteiger partial charge is 0.236 e. The first-order valence-electron chi connectivity index (χ1n) is 15.8. The Labute approximate surface area is 230 Å². The number of allylic oxidation sites excluding steroid dienone is 1. The molecule has 2 aliphatic heterocycles. The van der Waals surface area contributed by atoms with E-state index < -0.39 is 0 Å². The van der Waals surface area contributed by atoms with Gasteiger partial charge in [0, 0.05) is 45.4 Å². The third-order valence-electron chi connectivity index (χ3n) is 13.9. The van der Waals surface area contributed by atoms with Crippen LogP contribution in [0.2, 0.25) is 0 Å². The zero-order chi connectivity index (χ0) is 26.8. The Morgan fingerprint density at radius 1 is 1.13 bits per heavy atom. The van der Waals surface area contributed by atoms with E-state index in [0.717, 1.165) is 51.0 Å². The van der Waals surface area contributed by atoms with E-state index in [1.54, 1.807) is 16.0 Å². The zero-order valence-corrected chi connectivity index (χ0v) is 24.8. The summed E-state index contributed by atoms with van der Waals surface area (Å²) in [5.74, 6) is 3.06. The van der Waals surface area contributed by atoms with Crippen molar-refractivity contribution in [2.75, 3.05) is 27.2 Å². The molecule has 7 aliphatic rings. The van der Waals surface area contributed by atoms with Crippen molar-refractivity contribution in [3.05, 3.63) is 11.1 Å². The second-order valence-corrected chi connectivity index (χ2v) is 15.6. The van der Waals surface area contributed by atoms with Gasteiger partial charge in [0.25, 0.3) is 0 Å². The molecule has 2 heterocycles. The molecule has 10 atom stereocenters. The summed E-state index contributed by atoms with van der Waals surface area (Å²) in [7, 11) is 3.75. The lowest BCUT2D eigenvalue weighted by atomic mass is 9.52. The zero-order valence-electron chi connectivity index (χ0n) is 24.8. The number of Topliss-reactive ketones (excluding diaryl/α,β-unsaturated/α-hetero) is 1. The van der Waals surface area contributed by atoms with Crippen molar-refractivity contribution in [2.24, 2.45) is 39.9 Å². The van der Waals surface area contributed by atoms with Gasteiger partial charge < -0.3 is 9.64 Å². The lowest BCUT2D eigenvalue weighted by molar-refractivity contribution is -0.132. The predicted octanol–water partition coefficient (Wildman–Crippen LogP) is 5.62. The number of piperidine rings is 1. The highest BCUT2D eigenvalue weighted by atomic mass is 16.5. The monoisotopic (exact) mass is 522 g/mol. The van der Waals surface area contributed by atoms with Crippen LogP contribution in [0.5, 0.6) is 0 Å². The van der Waals surface area contributed by atoms with Gasteiger partial charge in [-0.2, -0.15) is 0 Å². The summed E-state index contributed by atoms with van der Waals surface area (Å²) in [6.45, 7) is 11.3. The van der Waals surface area contributed by atoms with Gasteiger partial charge in [0.05, 0.1) is 18.2 Å². The van der Waals surface area contributed by atoms with Crippen LogP contribution in [0.25, 0.3) is 0 Å².